The van der Waals surface area contributed by atoms with Crippen molar-refractivity contribution in [2.24, 2.45) is 0 Å². The van der Waals surface area contributed by atoms with Crippen molar-refractivity contribution in [3.8, 4) is 11.1 Å². The number of carbonyl (C=O) groups excluding carboxylic acids is 1. The minimum atomic E-state index is -0.646. The van der Waals surface area contributed by atoms with Gasteiger partial charge in [0.1, 0.15) is 0 Å². The van der Waals surface area contributed by atoms with Crippen molar-refractivity contribution < 1.29 is 14.6 Å². The Balaban J connectivity index is 1.73. The summed E-state index contributed by atoms with van der Waals surface area (Å²) in [6, 6.07) is 17.0. The Labute approximate surface area is 164 Å². The van der Waals surface area contributed by atoms with E-state index in [1.807, 2.05) is 65.4 Å². The third-order valence-corrected chi connectivity index (χ3v) is 4.31. The first-order chi connectivity index (χ1) is 13.6. The molecule has 0 spiro atoms. The molecule has 0 saturated heterocycles. The van der Waals surface area contributed by atoms with Gasteiger partial charge >= 0.3 is 5.97 Å². The third kappa shape index (κ3) is 4.92. The fraction of sp³-hybridized carbons (Fsp3) is 0.227. The molecule has 0 aliphatic rings. The van der Waals surface area contributed by atoms with Crippen molar-refractivity contribution in [2.45, 2.75) is 19.6 Å². The maximum absolute atomic E-state index is 12.4. The maximum atomic E-state index is 12.4. The highest BCUT2D eigenvalue weighted by Gasteiger charge is 2.18. The van der Waals surface area contributed by atoms with E-state index < -0.39 is 6.10 Å². The number of esters is 1. The van der Waals surface area contributed by atoms with E-state index in [-0.39, 0.29) is 5.97 Å². The van der Waals surface area contributed by atoms with Gasteiger partial charge in [-0.05, 0) is 30.7 Å². The summed E-state index contributed by atoms with van der Waals surface area (Å²) in [6.45, 7) is 2.79. The van der Waals surface area contributed by atoms with E-state index in [0.717, 1.165) is 16.8 Å². The lowest BCUT2D eigenvalue weighted by atomic mass is 10.1. The second-order valence-electron chi connectivity index (χ2n) is 6.53. The molecule has 1 aromatic heterocycles. The van der Waals surface area contributed by atoms with Crippen LogP contribution >= 0.6 is 0 Å². The molecule has 0 bridgehead atoms. The zero-order valence-corrected chi connectivity index (χ0v) is 15.8. The highest BCUT2D eigenvalue weighted by molar-refractivity contribution is 5.97. The SMILES string of the molecule is CCOC(=O)c1cn(CC(O)CNc2cccc(N)c2)cc1-c1ccccc1. The van der Waals surface area contributed by atoms with Gasteiger partial charge in [0.2, 0.25) is 0 Å². The lowest BCUT2D eigenvalue weighted by molar-refractivity contribution is 0.0527. The maximum Gasteiger partial charge on any atom is 0.340 e. The molecule has 6 nitrogen and oxygen atoms in total. The van der Waals surface area contributed by atoms with E-state index in [4.69, 9.17) is 10.5 Å². The molecule has 3 aromatic rings. The topological polar surface area (TPSA) is 89.5 Å². The molecule has 6 heteroatoms. The number of aromatic nitrogens is 1. The quantitative estimate of drug-likeness (QED) is 0.412. The Morgan fingerprint density at radius 2 is 1.96 bits per heavy atom. The van der Waals surface area contributed by atoms with Gasteiger partial charge in [0.25, 0.3) is 0 Å². The smallest absolute Gasteiger partial charge is 0.340 e. The summed E-state index contributed by atoms with van der Waals surface area (Å²) >= 11 is 0. The van der Waals surface area contributed by atoms with Crippen LogP contribution in [-0.2, 0) is 11.3 Å². The molecule has 0 aliphatic carbocycles. The first-order valence-electron chi connectivity index (χ1n) is 9.26. The summed E-state index contributed by atoms with van der Waals surface area (Å²) in [5, 5.41) is 13.6. The number of nitrogen functional groups attached to an aromatic ring is 1. The van der Waals surface area contributed by atoms with Crippen molar-refractivity contribution >= 4 is 17.3 Å². The molecule has 1 unspecified atom stereocenters. The average Bonchev–Trinajstić information content (AvgIpc) is 3.11. The number of hydrogen-bond donors (Lipinski definition) is 3. The van der Waals surface area contributed by atoms with Gasteiger partial charge in [-0.15, -0.1) is 0 Å². The van der Waals surface area contributed by atoms with Gasteiger partial charge in [0.05, 0.1) is 18.3 Å². The van der Waals surface area contributed by atoms with Crippen LogP contribution in [0.25, 0.3) is 11.1 Å². The summed E-state index contributed by atoms with van der Waals surface area (Å²) in [5.41, 5.74) is 9.48. The molecular formula is C22H25N3O3. The number of aliphatic hydroxyl groups is 1. The fourth-order valence-corrected chi connectivity index (χ4v) is 3.02. The van der Waals surface area contributed by atoms with Crippen LogP contribution in [0.5, 0.6) is 0 Å². The van der Waals surface area contributed by atoms with E-state index >= 15 is 0 Å². The second kappa shape index (κ2) is 9.10. The molecule has 1 atom stereocenters. The number of nitrogens with two attached hydrogens (primary N) is 1. The molecule has 0 radical (unpaired) electrons. The predicted octanol–water partition coefficient (Wildman–Crippen LogP) is 3.39. The lowest BCUT2D eigenvalue weighted by Gasteiger charge is -2.14. The summed E-state index contributed by atoms with van der Waals surface area (Å²) in [5.74, 6) is -0.368. The van der Waals surface area contributed by atoms with Crippen LogP contribution in [0.15, 0.2) is 67.0 Å². The number of nitrogens with one attached hydrogen (secondary N) is 1. The van der Waals surface area contributed by atoms with Crippen LogP contribution in [-0.4, -0.2) is 34.9 Å². The Morgan fingerprint density at radius 1 is 1.18 bits per heavy atom. The number of carbonyl (C=O) groups is 1. The lowest BCUT2D eigenvalue weighted by Crippen LogP contribution is -2.24. The van der Waals surface area contributed by atoms with Crippen molar-refractivity contribution in [1.82, 2.24) is 4.57 Å². The van der Waals surface area contributed by atoms with Gasteiger partial charge in [0, 0.05) is 42.4 Å². The monoisotopic (exact) mass is 379 g/mol. The minimum Gasteiger partial charge on any atom is -0.462 e. The van der Waals surface area contributed by atoms with Gasteiger partial charge in [-0.2, -0.15) is 0 Å². The van der Waals surface area contributed by atoms with Crippen LogP contribution in [0.1, 0.15) is 17.3 Å². The number of anilines is 2. The summed E-state index contributed by atoms with van der Waals surface area (Å²) < 4.78 is 7.01. The van der Waals surface area contributed by atoms with E-state index in [9.17, 15) is 9.90 Å². The number of hydrogen-bond acceptors (Lipinski definition) is 5. The molecule has 0 amide bonds. The van der Waals surface area contributed by atoms with Gasteiger partial charge in [-0.3, -0.25) is 0 Å². The molecule has 4 N–H and O–H groups in total. The Morgan fingerprint density at radius 3 is 2.68 bits per heavy atom. The molecule has 1 heterocycles. The van der Waals surface area contributed by atoms with Crippen LogP contribution in [0, 0.1) is 0 Å². The van der Waals surface area contributed by atoms with Crippen molar-refractivity contribution in [3.63, 3.8) is 0 Å². The Hall–Kier alpha value is -3.25. The molecular weight excluding hydrogens is 354 g/mol. The molecule has 3 rings (SSSR count). The van der Waals surface area contributed by atoms with E-state index in [2.05, 4.69) is 5.32 Å². The Kier molecular flexibility index (Phi) is 6.34. The standard InChI is InChI=1S/C22H25N3O3/c1-2-28-22(27)21-15-25(14-20(21)16-7-4-3-5-8-16)13-19(26)12-24-18-10-6-9-17(23)11-18/h3-11,14-15,19,24,26H,2,12-13,23H2,1H3. The number of rotatable bonds is 8. The van der Waals surface area contributed by atoms with Crippen molar-refractivity contribution in [1.29, 1.82) is 0 Å². The summed E-state index contributed by atoms with van der Waals surface area (Å²) in [4.78, 5) is 12.4. The van der Waals surface area contributed by atoms with Crippen LogP contribution in [0.4, 0.5) is 11.4 Å². The van der Waals surface area contributed by atoms with Crippen LogP contribution < -0.4 is 11.1 Å². The molecule has 2 aromatic carbocycles. The molecule has 28 heavy (non-hydrogen) atoms. The highest BCUT2D eigenvalue weighted by Crippen LogP contribution is 2.26. The van der Waals surface area contributed by atoms with Crippen LogP contribution in [0.2, 0.25) is 0 Å². The number of ether oxygens (including phenoxy) is 1. The third-order valence-electron chi connectivity index (χ3n) is 4.31. The first kappa shape index (κ1) is 19.5. The molecule has 0 fully saturated rings. The van der Waals surface area contributed by atoms with E-state index in [1.54, 1.807) is 13.1 Å². The fourth-order valence-electron chi connectivity index (χ4n) is 3.02. The Bertz CT molecular complexity index is 922. The average molecular weight is 379 g/mol. The molecule has 0 saturated carbocycles. The van der Waals surface area contributed by atoms with Gasteiger partial charge in [-0.25, -0.2) is 4.79 Å². The zero-order chi connectivity index (χ0) is 19.9. The van der Waals surface area contributed by atoms with Gasteiger partial charge in [-0.1, -0.05) is 36.4 Å². The summed E-state index contributed by atoms with van der Waals surface area (Å²) in [7, 11) is 0. The van der Waals surface area contributed by atoms with Crippen LogP contribution in [0.3, 0.4) is 0 Å². The zero-order valence-electron chi connectivity index (χ0n) is 15.8. The van der Waals surface area contributed by atoms with Crippen molar-refractivity contribution in [2.75, 3.05) is 24.2 Å². The predicted molar refractivity (Wildman–Crippen MR) is 111 cm³/mol. The first-order valence-corrected chi connectivity index (χ1v) is 9.26. The highest BCUT2D eigenvalue weighted by atomic mass is 16.5. The van der Waals surface area contributed by atoms with Gasteiger partial charge < -0.3 is 25.5 Å². The number of nitrogens with zero attached hydrogens (tertiary/aromatic N) is 1. The number of aliphatic hydroxyl groups excluding tert-OH is 1. The van der Waals surface area contributed by atoms with E-state index in [1.165, 1.54) is 0 Å². The molecule has 146 valence electrons. The van der Waals surface area contributed by atoms with Crippen molar-refractivity contribution in [3.05, 3.63) is 72.6 Å². The second-order valence-corrected chi connectivity index (χ2v) is 6.53. The molecule has 0 aliphatic heterocycles. The minimum absolute atomic E-state index is 0.311. The summed E-state index contributed by atoms with van der Waals surface area (Å²) in [6.07, 6.45) is 2.95. The van der Waals surface area contributed by atoms with E-state index in [0.29, 0.717) is 30.9 Å². The normalized spacial score (nSPS) is 11.8. The number of benzene rings is 2. The van der Waals surface area contributed by atoms with Gasteiger partial charge in [0.15, 0.2) is 0 Å². The largest absolute Gasteiger partial charge is 0.462 e.